The predicted octanol–water partition coefficient (Wildman–Crippen LogP) is 24.1. The monoisotopic (exact) mass is 1150 g/mol. The van der Waals surface area contributed by atoms with Crippen LogP contribution in [-0.2, 0) is 28.6 Å². The summed E-state index contributed by atoms with van der Waals surface area (Å²) in [6, 6.07) is 0. The van der Waals surface area contributed by atoms with Crippen molar-refractivity contribution in [3.05, 3.63) is 134 Å². The van der Waals surface area contributed by atoms with Crippen molar-refractivity contribution in [2.45, 2.75) is 322 Å². The van der Waals surface area contributed by atoms with Gasteiger partial charge in [0.05, 0.1) is 0 Å². The van der Waals surface area contributed by atoms with Crippen LogP contribution >= 0.6 is 0 Å². The van der Waals surface area contributed by atoms with Crippen LogP contribution < -0.4 is 0 Å². The molecule has 472 valence electrons. The number of hydrogen-bond acceptors (Lipinski definition) is 6. The SMILES string of the molecule is CC/C=C\C/C=C\C/C=C\C/C=C\C/C=C\C/C=C\C/C=C\C/C=C\C/C=C\CCCCCCCCCC(=O)OCC(COC(=O)CCCCCCC/C=C\CCCC)OC(=O)CCCCCCCCCCC/C=C\CCCCCCCC. The quantitative estimate of drug-likeness (QED) is 0.0261. The third kappa shape index (κ3) is 68.2. The summed E-state index contributed by atoms with van der Waals surface area (Å²) in [6.45, 7) is 6.48. The molecule has 6 heteroatoms. The van der Waals surface area contributed by atoms with E-state index in [0.717, 1.165) is 128 Å². The molecule has 83 heavy (non-hydrogen) atoms. The first-order valence-electron chi connectivity index (χ1n) is 34.7. The zero-order chi connectivity index (χ0) is 59.9. The third-order valence-electron chi connectivity index (χ3n) is 14.6. The molecule has 0 aliphatic carbocycles. The average molecular weight is 1150 g/mol. The minimum atomic E-state index is -0.791. The Hall–Kier alpha value is -4.45. The summed E-state index contributed by atoms with van der Waals surface area (Å²) >= 11 is 0. The van der Waals surface area contributed by atoms with Crippen LogP contribution in [0.5, 0.6) is 0 Å². The number of rotatable bonds is 62. The van der Waals surface area contributed by atoms with E-state index >= 15 is 0 Å². The Morgan fingerprint density at radius 2 is 0.482 bits per heavy atom. The molecule has 0 saturated carbocycles. The van der Waals surface area contributed by atoms with Crippen molar-refractivity contribution in [2.75, 3.05) is 13.2 Å². The normalized spacial score (nSPS) is 13.0. The molecule has 0 amide bonds. The molecule has 0 bridgehead atoms. The van der Waals surface area contributed by atoms with E-state index in [1.165, 1.54) is 148 Å². The molecule has 0 saturated heterocycles. The zero-order valence-electron chi connectivity index (χ0n) is 54.2. The molecule has 0 heterocycles. The van der Waals surface area contributed by atoms with Crippen molar-refractivity contribution in [1.29, 1.82) is 0 Å². The number of carbonyl (C=O) groups is 3. The number of allylic oxidation sites excluding steroid dienone is 22. The van der Waals surface area contributed by atoms with Gasteiger partial charge in [-0.2, -0.15) is 0 Å². The number of ether oxygens (including phenoxy) is 3. The van der Waals surface area contributed by atoms with Crippen molar-refractivity contribution >= 4 is 17.9 Å². The van der Waals surface area contributed by atoms with Crippen molar-refractivity contribution in [1.82, 2.24) is 0 Å². The van der Waals surface area contributed by atoms with Crippen LogP contribution in [0.15, 0.2) is 134 Å². The van der Waals surface area contributed by atoms with Crippen LogP contribution in [0, 0.1) is 0 Å². The molecule has 0 rings (SSSR count). The third-order valence-corrected chi connectivity index (χ3v) is 14.6. The summed E-state index contributed by atoms with van der Waals surface area (Å²) in [5, 5.41) is 0. The molecule has 0 aliphatic rings. The molecular formula is C77H128O6. The van der Waals surface area contributed by atoms with Gasteiger partial charge in [-0.1, -0.05) is 296 Å². The lowest BCUT2D eigenvalue weighted by Gasteiger charge is -2.18. The van der Waals surface area contributed by atoms with Gasteiger partial charge in [0.1, 0.15) is 13.2 Å². The van der Waals surface area contributed by atoms with E-state index < -0.39 is 6.10 Å². The summed E-state index contributed by atoms with van der Waals surface area (Å²) in [5.74, 6) is -0.904. The predicted molar refractivity (Wildman–Crippen MR) is 362 cm³/mol. The van der Waals surface area contributed by atoms with Crippen LogP contribution in [0.3, 0.4) is 0 Å². The lowest BCUT2D eigenvalue weighted by molar-refractivity contribution is -0.167. The van der Waals surface area contributed by atoms with Gasteiger partial charge in [-0.15, -0.1) is 0 Å². The van der Waals surface area contributed by atoms with Crippen LogP contribution in [0.1, 0.15) is 316 Å². The maximum Gasteiger partial charge on any atom is 0.306 e. The molecule has 0 aliphatic heterocycles. The second kappa shape index (κ2) is 70.0. The molecule has 0 radical (unpaired) electrons. The Balaban J connectivity index is 4.26. The summed E-state index contributed by atoms with van der Waals surface area (Å²) in [7, 11) is 0. The molecule has 0 N–H and O–H groups in total. The first kappa shape index (κ1) is 78.5. The number of unbranched alkanes of at least 4 members (excludes halogenated alkanes) is 29. The van der Waals surface area contributed by atoms with E-state index in [0.29, 0.717) is 19.3 Å². The summed E-state index contributed by atoms with van der Waals surface area (Å²) in [4.78, 5) is 38.3. The Kier molecular flexibility index (Phi) is 66.3. The molecule has 1 atom stereocenters. The Labute approximate surface area is 513 Å². The highest BCUT2D eigenvalue weighted by Gasteiger charge is 2.19. The van der Waals surface area contributed by atoms with Gasteiger partial charge in [0.15, 0.2) is 6.10 Å². The molecule has 1 unspecified atom stereocenters. The van der Waals surface area contributed by atoms with Gasteiger partial charge in [-0.3, -0.25) is 14.4 Å². The lowest BCUT2D eigenvalue weighted by atomic mass is 10.1. The smallest absolute Gasteiger partial charge is 0.306 e. The Morgan fingerprint density at radius 1 is 0.253 bits per heavy atom. The summed E-state index contributed by atoms with van der Waals surface area (Å²) < 4.78 is 16.9. The largest absolute Gasteiger partial charge is 0.462 e. The topological polar surface area (TPSA) is 78.9 Å². The fourth-order valence-corrected chi connectivity index (χ4v) is 9.41. The molecule has 0 aromatic heterocycles. The van der Waals surface area contributed by atoms with Crippen molar-refractivity contribution < 1.29 is 28.6 Å². The second-order valence-electron chi connectivity index (χ2n) is 22.7. The fourth-order valence-electron chi connectivity index (χ4n) is 9.41. The molecule has 0 fully saturated rings. The van der Waals surface area contributed by atoms with Gasteiger partial charge in [-0.25, -0.2) is 0 Å². The summed E-state index contributed by atoms with van der Waals surface area (Å²) in [5.41, 5.74) is 0. The average Bonchev–Trinajstić information content (AvgIpc) is 3.48. The van der Waals surface area contributed by atoms with E-state index in [9.17, 15) is 14.4 Å². The molecular weight excluding hydrogens is 1020 g/mol. The Bertz CT molecular complexity index is 1750. The first-order valence-corrected chi connectivity index (χ1v) is 34.7. The van der Waals surface area contributed by atoms with E-state index in [-0.39, 0.29) is 31.1 Å². The number of esters is 3. The Morgan fingerprint density at radius 3 is 0.783 bits per heavy atom. The highest BCUT2D eigenvalue weighted by Crippen LogP contribution is 2.16. The van der Waals surface area contributed by atoms with Gasteiger partial charge in [0.2, 0.25) is 0 Å². The van der Waals surface area contributed by atoms with E-state index in [1.54, 1.807) is 0 Å². The minimum absolute atomic E-state index is 0.0876. The molecule has 6 nitrogen and oxygen atoms in total. The molecule has 0 aromatic rings. The van der Waals surface area contributed by atoms with Crippen LogP contribution in [0.2, 0.25) is 0 Å². The standard InChI is InChI=1S/C77H128O6/c1-4-7-10-13-16-19-22-24-26-28-30-31-32-33-34-35-36-37-38-39-40-41-42-43-44-45-47-48-50-52-55-58-61-64-67-70-76(79)82-73-74(72-81-75(78)69-66-63-60-57-54-21-18-15-12-9-6-3)83-77(80)71-68-65-62-59-56-53-51-49-46-29-27-25-23-20-17-14-11-8-5-2/h7,10,15-16,18-19,24-27,30-31,33-34,36-37,39-40,42-43,45,47,74H,4-6,8-9,11-14,17,20-23,28-29,32,35,38,41,44,46,48-73H2,1-3H3/b10-7-,18-15-,19-16-,26-24-,27-25-,31-30-,34-33-,37-36-,40-39-,43-42-,47-45-. The molecule has 0 aromatic carbocycles. The number of hydrogen-bond donors (Lipinski definition) is 0. The van der Waals surface area contributed by atoms with Crippen LogP contribution in [0.25, 0.3) is 0 Å². The zero-order valence-corrected chi connectivity index (χ0v) is 54.2. The fraction of sp³-hybridized carbons (Fsp3) is 0.675. The highest BCUT2D eigenvalue weighted by atomic mass is 16.6. The van der Waals surface area contributed by atoms with Crippen molar-refractivity contribution in [3.63, 3.8) is 0 Å². The van der Waals surface area contributed by atoms with Crippen LogP contribution in [-0.4, -0.2) is 37.2 Å². The van der Waals surface area contributed by atoms with Gasteiger partial charge < -0.3 is 14.2 Å². The van der Waals surface area contributed by atoms with E-state index in [2.05, 4.69) is 154 Å². The number of carbonyl (C=O) groups excluding carboxylic acids is 3. The first-order chi connectivity index (χ1) is 41.0. The van der Waals surface area contributed by atoms with Crippen molar-refractivity contribution in [2.24, 2.45) is 0 Å². The summed E-state index contributed by atoms with van der Waals surface area (Å²) in [6.07, 6.45) is 99.0. The van der Waals surface area contributed by atoms with E-state index in [4.69, 9.17) is 14.2 Å². The maximum atomic E-state index is 12.9. The van der Waals surface area contributed by atoms with E-state index in [1.807, 2.05) is 0 Å². The lowest BCUT2D eigenvalue weighted by Crippen LogP contribution is -2.30. The molecule has 0 spiro atoms. The van der Waals surface area contributed by atoms with Crippen LogP contribution in [0.4, 0.5) is 0 Å². The highest BCUT2D eigenvalue weighted by molar-refractivity contribution is 5.71. The second-order valence-corrected chi connectivity index (χ2v) is 22.7. The van der Waals surface area contributed by atoms with Gasteiger partial charge >= 0.3 is 17.9 Å². The van der Waals surface area contributed by atoms with Gasteiger partial charge in [0, 0.05) is 19.3 Å². The van der Waals surface area contributed by atoms with Crippen molar-refractivity contribution in [3.8, 4) is 0 Å². The minimum Gasteiger partial charge on any atom is -0.462 e. The van der Waals surface area contributed by atoms with Gasteiger partial charge in [0.25, 0.3) is 0 Å². The van der Waals surface area contributed by atoms with Gasteiger partial charge in [-0.05, 0) is 135 Å². The maximum absolute atomic E-state index is 12.9.